The molecule has 1 aliphatic carbocycles. The minimum Gasteiger partial charge on any atom is -0.462 e. The van der Waals surface area contributed by atoms with Gasteiger partial charge in [0.05, 0.1) is 5.92 Å². The van der Waals surface area contributed by atoms with Crippen LogP contribution in [0.25, 0.3) is 0 Å². The highest BCUT2D eigenvalue weighted by Gasteiger charge is 2.47. The smallest absolute Gasteiger partial charge is 0.348 e. The molecule has 0 radical (unpaired) electrons. The van der Waals surface area contributed by atoms with Gasteiger partial charge in [-0.25, -0.2) is 4.79 Å². The molecular formula is C14H22O4. The number of cyclic esters (lactones) is 1. The van der Waals surface area contributed by atoms with E-state index >= 15 is 0 Å². The maximum Gasteiger partial charge on any atom is 0.348 e. The quantitative estimate of drug-likeness (QED) is 0.710. The minimum absolute atomic E-state index is 0.0528. The van der Waals surface area contributed by atoms with Crippen molar-refractivity contribution in [3.05, 3.63) is 0 Å². The topological polar surface area (TPSA) is 52.6 Å². The van der Waals surface area contributed by atoms with Gasteiger partial charge in [0.2, 0.25) is 6.10 Å². The van der Waals surface area contributed by atoms with Gasteiger partial charge in [0.15, 0.2) is 0 Å². The summed E-state index contributed by atoms with van der Waals surface area (Å²) in [6.07, 6.45) is 3.46. The molecule has 0 N–H and O–H groups in total. The van der Waals surface area contributed by atoms with Crippen LogP contribution in [0.1, 0.15) is 46.5 Å². The van der Waals surface area contributed by atoms with E-state index in [0.29, 0.717) is 12.5 Å². The molecule has 0 unspecified atom stereocenters. The molecular weight excluding hydrogens is 232 g/mol. The maximum absolute atomic E-state index is 12.2. The Morgan fingerprint density at radius 1 is 1.33 bits per heavy atom. The van der Waals surface area contributed by atoms with Crippen molar-refractivity contribution in [1.82, 2.24) is 0 Å². The molecule has 0 aromatic heterocycles. The maximum atomic E-state index is 12.2. The first-order valence-electron chi connectivity index (χ1n) is 6.79. The van der Waals surface area contributed by atoms with Gasteiger partial charge in [-0.2, -0.15) is 0 Å². The number of esters is 2. The number of rotatable bonds is 2. The van der Waals surface area contributed by atoms with Gasteiger partial charge < -0.3 is 9.47 Å². The minimum atomic E-state index is -0.737. The Morgan fingerprint density at radius 2 is 2.00 bits per heavy atom. The largest absolute Gasteiger partial charge is 0.462 e. The molecule has 0 amide bonds. The van der Waals surface area contributed by atoms with Crippen molar-refractivity contribution in [2.24, 2.45) is 17.3 Å². The summed E-state index contributed by atoms with van der Waals surface area (Å²) >= 11 is 0. The second-order valence-electron chi connectivity index (χ2n) is 6.28. The van der Waals surface area contributed by atoms with Crippen molar-refractivity contribution in [3.63, 3.8) is 0 Å². The van der Waals surface area contributed by atoms with Crippen molar-refractivity contribution >= 4 is 11.9 Å². The lowest BCUT2D eigenvalue weighted by Gasteiger charge is -2.29. The fourth-order valence-electron chi connectivity index (χ4n) is 2.81. The highest BCUT2D eigenvalue weighted by Crippen LogP contribution is 2.35. The summed E-state index contributed by atoms with van der Waals surface area (Å²) in [4.78, 5) is 23.8. The predicted octanol–water partition coefficient (Wildman–Crippen LogP) is 2.31. The molecule has 1 heterocycles. The van der Waals surface area contributed by atoms with E-state index in [1.807, 2.05) is 13.8 Å². The summed E-state index contributed by atoms with van der Waals surface area (Å²) in [5, 5.41) is 0. The highest BCUT2D eigenvalue weighted by molar-refractivity contribution is 5.82. The van der Waals surface area contributed by atoms with Gasteiger partial charge in [0, 0.05) is 5.41 Å². The lowest BCUT2D eigenvalue weighted by molar-refractivity contribution is -0.168. The Bertz CT molecular complexity index is 348. The SMILES string of the molecule is C[C@H]1CCCC[C@@H]1C(=O)O[C@H]1C(=O)OCC1(C)C. The molecule has 4 nitrogen and oxygen atoms in total. The number of ether oxygens (including phenoxy) is 2. The summed E-state index contributed by atoms with van der Waals surface area (Å²) in [7, 11) is 0. The summed E-state index contributed by atoms with van der Waals surface area (Å²) in [6, 6.07) is 0. The summed E-state index contributed by atoms with van der Waals surface area (Å²) < 4.78 is 10.4. The van der Waals surface area contributed by atoms with E-state index in [9.17, 15) is 9.59 Å². The van der Waals surface area contributed by atoms with Crippen LogP contribution < -0.4 is 0 Å². The van der Waals surface area contributed by atoms with Crippen molar-refractivity contribution in [2.45, 2.75) is 52.6 Å². The zero-order valence-electron chi connectivity index (χ0n) is 11.4. The van der Waals surface area contributed by atoms with E-state index in [4.69, 9.17) is 9.47 Å². The molecule has 4 heteroatoms. The van der Waals surface area contributed by atoms with Crippen molar-refractivity contribution in [3.8, 4) is 0 Å². The van der Waals surface area contributed by atoms with Crippen molar-refractivity contribution in [2.75, 3.05) is 6.61 Å². The molecule has 0 bridgehead atoms. The van der Waals surface area contributed by atoms with E-state index in [-0.39, 0.29) is 11.9 Å². The van der Waals surface area contributed by atoms with E-state index in [1.165, 1.54) is 6.42 Å². The highest BCUT2D eigenvalue weighted by atomic mass is 16.6. The lowest BCUT2D eigenvalue weighted by Crippen LogP contribution is -2.38. The van der Waals surface area contributed by atoms with E-state index in [1.54, 1.807) is 0 Å². The van der Waals surface area contributed by atoms with Crippen LogP contribution in [-0.4, -0.2) is 24.6 Å². The van der Waals surface area contributed by atoms with Gasteiger partial charge >= 0.3 is 11.9 Å². The third kappa shape index (κ3) is 2.52. The monoisotopic (exact) mass is 254 g/mol. The van der Waals surface area contributed by atoms with Gasteiger partial charge in [-0.15, -0.1) is 0 Å². The molecule has 1 aliphatic heterocycles. The van der Waals surface area contributed by atoms with Crippen LogP contribution in [0.5, 0.6) is 0 Å². The van der Waals surface area contributed by atoms with Crippen LogP contribution >= 0.6 is 0 Å². The third-order valence-electron chi connectivity index (χ3n) is 4.16. The second kappa shape index (κ2) is 4.90. The van der Waals surface area contributed by atoms with Crippen LogP contribution in [0.15, 0.2) is 0 Å². The fraction of sp³-hybridized carbons (Fsp3) is 0.857. The molecule has 2 fully saturated rings. The normalized spacial score (nSPS) is 35.1. The molecule has 2 aliphatic rings. The second-order valence-corrected chi connectivity index (χ2v) is 6.28. The molecule has 18 heavy (non-hydrogen) atoms. The van der Waals surface area contributed by atoms with Crippen LogP contribution in [0.2, 0.25) is 0 Å². The van der Waals surface area contributed by atoms with Crippen LogP contribution in [-0.2, 0) is 19.1 Å². The zero-order chi connectivity index (χ0) is 13.3. The van der Waals surface area contributed by atoms with Crippen molar-refractivity contribution < 1.29 is 19.1 Å². The first-order valence-corrected chi connectivity index (χ1v) is 6.79. The summed E-state index contributed by atoms with van der Waals surface area (Å²) in [6.45, 7) is 6.19. The van der Waals surface area contributed by atoms with E-state index < -0.39 is 17.5 Å². The summed E-state index contributed by atoms with van der Waals surface area (Å²) in [5.41, 5.74) is -0.412. The summed E-state index contributed by atoms with van der Waals surface area (Å²) in [5.74, 6) is -0.328. The molecule has 0 aromatic carbocycles. The zero-order valence-corrected chi connectivity index (χ0v) is 11.4. The third-order valence-corrected chi connectivity index (χ3v) is 4.16. The Labute approximate surface area is 108 Å². The first-order chi connectivity index (χ1) is 8.42. The van der Waals surface area contributed by atoms with Crippen LogP contribution in [0.4, 0.5) is 0 Å². The average Bonchev–Trinajstić information content (AvgIpc) is 2.56. The number of hydrogen-bond donors (Lipinski definition) is 0. The lowest BCUT2D eigenvalue weighted by atomic mass is 9.80. The van der Waals surface area contributed by atoms with Crippen LogP contribution in [0, 0.1) is 17.3 Å². The first kappa shape index (κ1) is 13.4. The Morgan fingerprint density at radius 3 is 2.56 bits per heavy atom. The van der Waals surface area contributed by atoms with E-state index in [2.05, 4.69) is 6.92 Å². The molecule has 0 spiro atoms. The van der Waals surface area contributed by atoms with Gasteiger partial charge in [0.25, 0.3) is 0 Å². The van der Waals surface area contributed by atoms with Gasteiger partial charge in [-0.05, 0) is 18.8 Å². The Balaban J connectivity index is 2.00. The Kier molecular flexibility index (Phi) is 3.64. The molecule has 3 atom stereocenters. The fourth-order valence-corrected chi connectivity index (χ4v) is 2.81. The van der Waals surface area contributed by atoms with Gasteiger partial charge in [-0.3, -0.25) is 4.79 Å². The van der Waals surface area contributed by atoms with E-state index in [0.717, 1.165) is 19.3 Å². The predicted molar refractivity (Wildman–Crippen MR) is 65.7 cm³/mol. The molecule has 1 saturated carbocycles. The number of hydrogen-bond acceptors (Lipinski definition) is 4. The van der Waals surface area contributed by atoms with Gasteiger partial charge in [0.1, 0.15) is 6.61 Å². The van der Waals surface area contributed by atoms with Gasteiger partial charge in [-0.1, -0.05) is 33.6 Å². The Hall–Kier alpha value is -1.06. The van der Waals surface area contributed by atoms with Crippen LogP contribution in [0.3, 0.4) is 0 Å². The standard InChI is InChI=1S/C14H22O4/c1-9-6-4-5-7-10(9)12(15)18-11-13(16)17-8-14(11,2)3/h9-11H,4-8H2,1-3H3/t9-,10-,11-/m0/s1. The van der Waals surface area contributed by atoms with Crippen molar-refractivity contribution in [1.29, 1.82) is 0 Å². The molecule has 1 saturated heterocycles. The molecule has 2 rings (SSSR count). The molecule has 0 aromatic rings. The number of carbonyl (C=O) groups excluding carboxylic acids is 2. The number of carbonyl (C=O) groups is 2. The average molecular weight is 254 g/mol. The molecule has 102 valence electrons.